The number of hydrogen-bond donors (Lipinski definition) is 2. The number of nitro benzene ring substituents is 1. The number of nitrogens with zero attached hydrogens (tertiary/aromatic N) is 2. The second-order valence-electron chi connectivity index (χ2n) is 5.64. The van der Waals surface area contributed by atoms with E-state index in [0.29, 0.717) is 22.4 Å². The highest BCUT2D eigenvalue weighted by molar-refractivity contribution is 7.80. The average molecular weight is 379 g/mol. The van der Waals surface area contributed by atoms with E-state index in [1.165, 1.54) is 12.1 Å². The third-order valence-corrected chi connectivity index (χ3v) is 4.27. The average Bonchev–Trinajstić information content (AvgIpc) is 2.56. The SMILES string of the molecule is CN(C)[C@H](CNC(=S)Nc1ccc([N+](=O)[O-])cc1)c1ccccc1Cl. The molecule has 1 atom stereocenters. The van der Waals surface area contributed by atoms with Crippen molar-refractivity contribution in [3.63, 3.8) is 0 Å². The highest BCUT2D eigenvalue weighted by Crippen LogP contribution is 2.25. The van der Waals surface area contributed by atoms with Gasteiger partial charge in [-0.2, -0.15) is 0 Å². The van der Waals surface area contributed by atoms with Crippen LogP contribution >= 0.6 is 23.8 Å². The fraction of sp³-hybridized carbons (Fsp3) is 0.235. The minimum absolute atomic E-state index is 0.0378. The summed E-state index contributed by atoms with van der Waals surface area (Å²) in [7, 11) is 3.95. The monoisotopic (exact) mass is 378 g/mol. The van der Waals surface area contributed by atoms with Crippen molar-refractivity contribution in [2.45, 2.75) is 6.04 Å². The quantitative estimate of drug-likeness (QED) is 0.452. The second kappa shape index (κ2) is 8.75. The van der Waals surface area contributed by atoms with Gasteiger partial charge in [-0.05, 0) is 50.1 Å². The van der Waals surface area contributed by atoms with Gasteiger partial charge in [0.05, 0.1) is 11.0 Å². The Morgan fingerprint density at radius 2 is 1.88 bits per heavy atom. The number of hydrogen-bond acceptors (Lipinski definition) is 4. The van der Waals surface area contributed by atoms with Crippen molar-refractivity contribution in [1.82, 2.24) is 10.2 Å². The van der Waals surface area contributed by atoms with Crippen LogP contribution in [-0.2, 0) is 0 Å². The van der Waals surface area contributed by atoms with Gasteiger partial charge in [-0.3, -0.25) is 10.1 Å². The highest BCUT2D eigenvalue weighted by Gasteiger charge is 2.17. The van der Waals surface area contributed by atoms with E-state index in [-0.39, 0.29) is 11.7 Å². The molecule has 2 N–H and O–H groups in total. The first-order valence-corrected chi connectivity index (χ1v) is 8.37. The number of non-ortho nitro benzene ring substituents is 1. The Labute approximate surface area is 156 Å². The zero-order valence-electron chi connectivity index (χ0n) is 13.9. The van der Waals surface area contributed by atoms with Crippen LogP contribution in [-0.4, -0.2) is 35.6 Å². The maximum absolute atomic E-state index is 10.7. The Balaban J connectivity index is 1.97. The van der Waals surface area contributed by atoms with E-state index in [1.54, 1.807) is 12.1 Å². The molecule has 132 valence electrons. The number of anilines is 1. The molecule has 0 spiro atoms. The van der Waals surface area contributed by atoms with Gasteiger partial charge < -0.3 is 15.5 Å². The molecule has 0 aromatic heterocycles. The van der Waals surface area contributed by atoms with Gasteiger partial charge >= 0.3 is 0 Å². The molecule has 0 saturated carbocycles. The number of thiocarbonyl (C=S) groups is 1. The summed E-state index contributed by atoms with van der Waals surface area (Å²) in [6.45, 7) is 0.565. The molecule has 0 aliphatic rings. The van der Waals surface area contributed by atoms with Crippen molar-refractivity contribution >= 4 is 40.3 Å². The fourth-order valence-corrected chi connectivity index (χ4v) is 2.81. The standard InChI is InChI=1S/C17H19ClN4O2S/c1-21(2)16(14-5-3-4-6-15(14)18)11-19-17(25)20-12-7-9-13(10-8-12)22(23)24/h3-10,16H,11H2,1-2H3,(H2,19,20,25)/t16-/m1/s1. The summed E-state index contributed by atoms with van der Waals surface area (Å²) < 4.78 is 0. The predicted octanol–water partition coefficient (Wildman–Crippen LogP) is 3.84. The molecule has 2 rings (SSSR count). The molecule has 0 fully saturated rings. The molecular formula is C17H19ClN4O2S. The number of likely N-dealkylation sites (N-methyl/N-ethyl adjacent to an activating group) is 1. The van der Waals surface area contributed by atoms with E-state index in [4.69, 9.17) is 23.8 Å². The number of benzene rings is 2. The van der Waals surface area contributed by atoms with Crippen LogP contribution in [0.25, 0.3) is 0 Å². The molecule has 8 heteroatoms. The van der Waals surface area contributed by atoms with Crippen LogP contribution in [0, 0.1) is 10.1 Å². The van der Waals surface area contributed by atoms with E-state index >= 15 is 0 Å². The predicted molar refractivity (Wildman–Crippen MR) is 105 cm³/mol. The van der Waals surface area contributed by atoms with Crippen LogP contribution in [0.3, 0.4) is 0 Å². The normalized spacial score (nSPS) is 11.8. The van der Waals surface area contributed by atoms with Crippen molar-refractivity contribution in [3.05, 3.63) is 69.2 Å². The van der Waals surface area contributed by atoms with Crippen molar-refractivity contribution in [3.8, 4) is 0 Å². The molecule has 25 heavy (non-hydrogen) atoms. The Kier molecular flexibility index (Phi) is 6.69. The van der Waals surface area contributed by atoms with E-state index in [9.17, 15) is 10.1 Å². The van der Waals surface area contributed by atoms with Crippen LogP contribution < -0.4 is 10.6 Å². The topological polar surface area (TPSA) is 70.4 Å². The maximum atomic E-state index is 10.7. The van der Waals surface area contributed by atoms with Gasteiger partial charge in [0.1, 0.15) is 0 Å². The lowest BCUT2D eigenvalue weighted by atomic mass is 10.1. The van der Waals surface area contributed by atoms with Crippen molar-refractivity contribution < 1.29 is 4.92 Å². The third-order valence-electron chi connectivity index (χ3n) is 3.68. The number of rotatable bonds is 6. The summed E-state index contributed by atoms with van der Waals surface area (Å²) in [4.78, 5) is 12.3. The van der Waals surface area contributed by atoms with Gasteiger partial charge in [-0.15, -0.1) is 0 Å². The first-order chi connectivity index (χ1) is 11.9. The van der Waals surface area contributed by atoms with Crippen molar-refractivity contribution in [2.75, 3.05) is 26.0 Å². The zero-order valence-corrected chi connectivity index (χ0v) is 15.5. The minimum atomic E-state index is -0.439. The molecule has 0 heterocycles. The smallest absolute Gasteiger partial charge is 0.269 e. The molecule has 0 radical (unpaired) electrons. The van der Waals surface area contributed by atoms with Crippen molar-refractivity contribution in [2.24, 2.45) is 0 Å². The van der Waals surface area contributed by atoms with Gasteiger partial charge in [-0.1, -0.05) is 29.8 Å². The van der Waals surface area contributed by atoms with Crippen LogP contribution in [0.15, 0.2) is 48.5 Å². The Bertz CT molecular complexity index is 753. The summed E-state index contributed by atoms with van der Waals surface area (Å²) in [6, 6.07) is 13.8. The Morgan fingerprint density at radius 3 is 2.44 bits per heavy atom. The van der Waals surface area contributed by atoms with Crippen molar-refractivity contribution in [1.29, 1.82) is 0 Å². The van der Waals surface area contributed by atoms with Crippen LogP contribution in [0.2, 0.25) is 5.02 Å². The van der Waals surface area contributed by atoms with Gasteiger partial charge in [0.2, 0.25) is 0 Å². The van der Waals surface area contributed by atoms with E-state index in [1.807, 2.05) is 38.4 Å². The Hall–Kier alpha value is -2.22. The Morgan fingerprint density at radius 1 is 1.24 bits per heavy atom. The third kappa shape index (κ3) is 5.38. The maximum Gasteiger partial charge on any atom is 0.269 e. The van der Waals surface area contributed by atoms with Gasteiger partial charge in [0.25, 0.3) is 5.69 Å². The lowest BCUT2D eigenvalue weighted by Crippen LogP contribution is -2.36. The van der Waals surface area contributed by atoms with Gasteiger partial charge in [0, 0.05) is 29.4 Å². The molecule has 0 aliphatic carbocycles. The summed E-state index contributed by atoms with van der Waals surface area (Å²) in [5.41, 5.74) is 1.73. The zero-order chi connectivity index (χ0) is 18.4. The molecule has 6 nitrogen and oxygen atoms in total. The fourth-order valence-electron chi connectivity index (χ4n) is 2.35. The molecule has 2 aromatic rings. The first-order valence-electron chi connectivity index (χ1n) is 7.58. The van der Waals surface area contributed by atoms with E-state index < -0.39 is 4.92 Å². The largest absolute Gasteiger partial charge is 0.361 e. The number of nitrogens with one attached hydrogen (secondary N) is 2. The molecule has 0 bridgehead atoms. The molecule has 0 unspecified atom stereocenters. The lowest BCUT2D eigenvalue weighted by Gasteiger charge is -2.26. The van der Waals surface area contributed by atoms with Crippen LogP contribution in [0.4, 0.5) is 11.4 Å². The number of halogens is 1. The molecule has 0 amide bonds. The summed E-state index contributed by atoms with van der Waals surface area (Å²) in [6.07, 6.45) is 0. The summed E-state index contributed by atoms with van der Waals surface area (Å²) in [5.74, 6) is 0. The van der Waals surface area contributed by atoms with E-state index in [0.717, 1.165) is 5.56 Å². The van der Waals surface area contributed by atoms with Crippen LogP contribution in [0.1, 0.15) is 11.6 Å². The lowest BCUT2D eigenvalue weighted by molar-refractivity contribution is -0.384. The minimum Gasteiger partial charge on any atom is -0.361 e. The van der Waals surface area contributed by atoms with Gasteiger partial charge in [0.15, 0.2) is 5.11 Å². The molecule has 0 saturated heterocycles. The van der Waals surface area contributed by atoms with Gasteiger partial charge in [-0.25, -0.2) is 0 Å². The molecular weight excluding hydrogens is 360 g/mol. The second-order valence-corrected chi connectivity index (χ2v) is 6.46. The van der Waals surface area contributed by atoms with E-state index in [2.05, 4.69) is 15.5 Å². The summed E-state index contributed by atoms with van der Waals surface area (Å²) >= 11 is 11.6. The summed E-state index contributed by atoms with van der Waals surface area (Å²) in [5, 5.41) is 18.0. The number of nitro groups is 1. The first kappa shape index (κ1) is 19.1. The highest BCUT2D eigenvalue weighted by atomic mass is 35.5. The molecule has 2 aromatic carbocycles. The van der Waals surface area contributed by atoms with Crippen LogP contribution in [0.5, 0.6) is 0 Å². The molecule has 0 aliphatic heterocycles.